The van der Waals surface area contributed by atoms with Gasteiger partial charge in [-0.3, -0.25) is 11.3 Å². The zero-order valence-corrected chi connectivity index (χ0v) is 11.9. The lowest BCUT2D eigenvalue weighted by atomic mass is 9.77. The third-order valence-electron chi connectivity index (χ3n) is 4.83. The molecule has 1 saturated heterocycles. The second kappa shape index (κ2) is 7.46. The van der Waals surface area contributed by atoms with Crippen LogP contribution in [0.5, 0.6) is 0 Å². The van der Waals surface area contributed by atoms with Crippen LogP contribution in [-0.2, 0) is 4.74 Å². The molecule has 3 nitrogen and oxygen atoms in total. The molecule has 3 heteroatoms. The lowest BCUT2D eigenvalue weighted by Crippen LogP contribution is -2.43. The van der Waals surface area contributed by atoms with Crippen LogP contribution in [0.25, 0.3) is 0 Å². The number of ether oxygens (including phenoxy) is 1. The molecular formula is C15H30N2O. The number of rotatable bonds is 5. The van der Waals surface area contributed by atoms with E-state index >= 15 is 0 Å². The number of hydrazine groups is 1. The molecule has 0 bridgehead atoms. The van der Waals surface area contributed by atoms with Crippen LogP contribution in [0.2, 0.25) is 0 Å². The van der Waals surface area contributed by atoms with Crippen LogP contribution in [-0.4, -0.2) is 18.8 Å². The van der Waals surface area contributed by atoms with Crippen molar-refractivity contribution >= 4 is 0 Å². The summed E-state index contributed by atoms with van der Waals surface area (Å²) in [6.07, 6.45) is 12.2. The predicted molar refractivity (Wildman–Crippen MR) is 75.1 cm³/mol. The third kappa shape index (κ3) is 4.22. The normalized spacial score (nSPS) is 35.3. The van der Waals surface area contributed by atoms with Gasteiger partial charge in [-0.15, -0.1) is 0 Å². The molecule has 0 aromatic rings. The van der Waals surface area contributed by atoms with Gasteiger partial charge in [0.25, 0.3) is 0 Å². The van der Waals surface area contributed by atoms with Crippen molar-refractivity contribution in [3.8, 4) is 0 Å². The summed E-state index contributed by atoms with van der Waals surface area (Å²) in [4.78, 5) is 0. The Labute approximate surface area is 112 Å². The average molecular weight is 254 g/mol. The van der Waals surface area contributed by atoms with E-state index in [0.717, 1.165) is 18.4 Å². The first-order valence-corrected chi connectivity index (χ1v) is 7.87. The SMILES string of the molecule is CC1CCCC(C(CCC2CCCCO2)NN)C1. The zero-order chi connectivity index (χ0) is 12.8. The smallest absolute Gasteiger partial charge is 0.0575 e. The largest absolute Gasteiger partial charge is 0.378 e. The quantitative estimate of drug-likeness (QED) is 0.585. The summed E-state index contributed by atoms with van der Waals surface area (Å²) in [6.45, 7) is 3.34. The van der Waals surface area contributed by atoms with E-state index in [1.807, 2.05) is 0 Å². The van der Waals surface area contributed by atoms with E-state index in [1.54, 1.807) is 0 Å². The Morgan fingerprint density at radius 3 is 2.78 bits per heavy atom. The van der Waals surface area contributed by atoms with E-state index in [9.17, 15) is 0 Å². The summed E-state index contributed by atoms with van der Waals surface area (Å²) < 4.78 is 5.81. The molecule has 1 aliphatic heterocycles. The molecule has 0 aromatic carbocycles. The van der Waals surface area contributed by atoms with Crippen molar-refractivity contribution < 1.29 is 4.74 Å². The second-order valence-electron chi connectivity index (χ2n) is 6.37. The number of hydrogen-bond acceptors (Lipinski definition) is 3. The molecule has 106 valence electrons. The minimum absolute atomic E-state index is 0.496. The molecule has 0 amide bonds. The summed E-state index contributed by atoms with van der Waals surface area (Å²) in [5.41, 5.74) is 3.08. The first-order chi connectivity index (χ1) is 8.79. The third-order valence-corrected chi connectivity index (χ3v) is 4.83. The Morgan fingerprint density at radius 1 is 1.22 bits per heavy atom. The maximum atomic E-state index is 5.81. The van der Waals surface area contributed by atoms with Crippen LogP contribution >= 0.6 is 0 Å². The Balaban J connectivity index is 1.73. The minimum Gasteiger partial charge on any atom is -0.378 e. The Bertz CT molecular complexity index is 229. The summed E-state index contributed by atoms with van der Waals surface area (Å²) in [7, 11) is 0. The topological polar surface area (TPSA) is 47.3 Å². The van der Waals surface area contributed by atoms with Crippen LogP contribution in [0.1, 0.15) is 64.7 Å². The van der Waals surface area contributed by atoms with E-state index < -0.39 is 0 Å². The van der Waals surface area contributed by atoms with Gasteiger partial charge in [0.2, 0.25) is 0 Å². The summed E-state index contributed by atoms with van der Waals surface area (Å²) in [6, 6.07) is 0.498. The molecule has 0 spiro atoms. The van der Waals surface area contributed by atoms with Crippen LogP contribution in [0.3, 0.4) is 0 Å². The molecule has 18 heavy (non-hydrogen) atoms. The molecule has 1 aliphatic carbocycles. The van der Waals surface area contributed by atoms with Gasteiger partial charge in [0, 0.05) is 12.6 Å². The average Bonchev–Trinajstić information content (AvgIpc) is 2.41. The first kappa shape index (κ1) is 14.3. The van der Waals surface area contributed by atoms with E-state index in [-0.39, 0.29) is 0 Å². The number of nitrogens with one attached hydrogen (secondary N) is 1. The Morgan fingerprint density at radius 2 is 2.11 bits per heavy atom. The molecule has 4 unspecified atom stereocenters. The van der Waals surface area contributed by atoms with Crippen molar-refractivity contribution in [3.63, 3.8) is 0 Å². The first-order valence-electron chi connectivity index (χ1n) is 7.87. The van der Waals surface area contributed by atoms with Crippen LogP contribution in [0.4, 0.5) is 0 Å². The van der Waals surface area contributed by atoms with Crippen LogP contribution in [0, 0.1) is 11.8 Å². The molecule has 2 fully saturated rings. The maximum Gasteiger partial charge on any atom is 0.0575 e. The van der Waals surface area contributed by atoms with Crippen LogP contribution in [0.15, 0.2) is 0 Å². The highest BCUT2D eigenvalue weighted by Gasteiger charge is 2.26. The molecule has 0 radical (unpaired) electrons. The van der Waals surface area contributed by atoms with Gasteiger partial charge in [0.15, 0.2) is 0 Å². The summed E-state index contributed by atoms with van der Waals surface area (Å²) in [5, 5.41) is 0. The highest BCUT2D eigenvalue weighted by Crippen LogP contribution is 2.32. The molecule has 2 aliphatic rings. The Kier molecular flexibility index (Phi) is 5.93. The lowest BCUT2D eigenvalue weighted by molar-refractivity contribution is 0.00678. The van der Waals surface area contributed by atoms with E-state index in [2.05, 4.69) is 12.3 Å². The molecule has 4 atom stereocenters. The zero-order valence-electron chi connectivity index (χ0n) is 11.9. The van der Waals surface area contributed by atoms with Gasteiger partial charge in [-0.2, -0.15) is 0 Å². The van der Waals surface area contributed by atoms with Crippen molar-refractivity contribution in [2.45, 2.75) is 76.9 Å². The van der Waals surface area contributed by atoms with Gasteiger partial charge >= 0.3 is 0 Å². The van der Waals surface area contributed by atoms with Gasteiger partial charge in [-0.1, -0.05) is 19.8 Å². The minimum atomic E-state index is 0.496. The number of nitrogens with two attached hydrogens (primary N) is 1. The van der Waals surface area contributed by atoms with E-state index in [1.165, 1.54) is 57.8 Å². The molecule has 0 aromatic heterocycles. The number of hydrogen-bond donors (Lipinski definition) is 2. The predicted octanol–water partition coefficient (Wildman–Crippen LogP) is 2.99. The van der Waals surface area contributed by atoms with Gasteiger partial charge in [0.05, 0.1) is 6.10 Å². The molecule has 2 rings (SSSR count). The van der Waals surface area contributed by atoms with Gasteiger partial charge < -0.3 is 4.74 Å². The monoisotopic (exact) mass is 254 g/mol. The highest BCUT2D eigenvalue weighted by molar-refractivity contribution is 4.81. The van der Waals surface area contributed by atoms with Gasteiger partial charge in [-0.05, 0) is 56.8 Å². The van der Waals surface area contributed by atoms with E-state index in [0.29, 0.717) is 12.1 Å². The van der Waals surface area contributed by atoms with Crippen molar-refractivity contribution in [1.29, 1.82) is 0 Å². The fraction of sp³-hybridized carbons (Fsp3) is 1.00. The summed E-state index contributed by atoms with van der Waals surface area (Å²) in [5.74, 6) is 7.43. The fourth-order valence-corrected chi connectivity index (χ4v) is 3.70. The second-order valence-corrected chi connectivity index (χ2v) is 6.37. The summed E-state index contributed by atoms with van der Waals surface area (Å²) >= 11 is 0. The van der Waals surface area contributed by atoms with Gasteiger partial charge in [-0.25, -0.2) is 0 Å². The lowest BCUT2D eigenvalue weighted by Gasteiger charge is -2.34. The van der Waals surface area contributed by atoms with Gasteiger partial charge in [0.1, 0.15) is 0 Å². The highest BCUT2D eigenvalue weighted by atomic mass is 16.5. The van der Waals surface area contributed by atoms with Crippen molar-refractivity contribution in [3.05, 3.63) is 0 Å². The van der Waals surface area contributed by atoms with Crippen molar-refractivity contribution in [2.24, 2.45) is 17.7 Å². The van der Waals surface area contributed by atoms with Crippen molar-refractivity contribution in [1.82, 2.24) is 5.43 Å². The van der Waals surface area contributed by atoms with E-state index in [4.69, 9.17) is 10.6 Å². The maximum absolute atomic E-state index is 5.81. The van der Waals surface area contributed by atoms with Crippen molar-refractivity contribution in [2.75, 3.05) is 6.61 Å². The van der Waals surface area contributed by atoms with Crippen LogP contribution < -0.4 is 11.3 Å². The Hall–Kier alpha value is -0.120. The fourth-order valence-electron chi connectivity index (χ4n) is 3.70. The standard InChI is InChI=1S/C15H30N2O/c1-12-5-4-6-13(11-12)15(17-16)9-8-14-7-2-3-10-18-14/h12-15,17H,2-11,16H2,1H3. The molecule has 1 heterocycles. The molecule has 3 N–H and O–H groups in total. The molecule has 1 saturated carbocycles. The molecular weight excluding hydrogens is 224 g/mol.